The summed E-state index contributed by atoms with van der Waals surface area (Å²) in [4.78, 5) is 12.7. The molecule has 0 saturated heterocycles. The summed E-state index contributed by atoms with van der Waals surface area (Å²) in [6.45, 7) is 5.70. The average Bonchev–Trinajstić information content (AvgIpc) is 2.46. The number of hydrogen-bond acceptors (Lipinski definition) is 5. The molecule has 0 atom stereocenters. The number of aromatic nitrogens is 3. The van der Waals surface area contributed by atoms with Crippen LogP contribution in [0.3, 0.4) is 0 Å². The smallest absolute Gasteiger partial charge is 0.265 e. The molecule has 0 amide bonds. The Morgan fingerprint density at radius 2 is 1.83 bits per heavy atom. The molecule has 122 valence electrons. The molecule has 5 nitrogen and oxygen atoms in total. The molecular formula is C15H16Cl2N4OS. The zero-order valence-corrected chi connectivity index (χ0v) is 15.5. The maximum atomic E-state index is 12.7. The third-order valence-corrected chi connectivity index (χ3v) is 4.29. The second-order valence-corrected chi connectivity index (χ2v) is 7.37. The Morgan fingerprint density at radius 1 is 1.22 bits per heavy atom. The van der Waals surface area contributed by atoms with E-state index in [0.29, 0.717) is 26.5 Å². The predicted molar refractivity (Wildman–Crippen MR) is 96.2 cm³/mol. The molecule has 1 heterocycles. The molecule has 0 aliphatic heterocycles. The fourth-order valence-corrected chi connectivity index (χ4v) is 2.74. The van der Waals surface area contributed by atoms with Crippen molar-refractivity contribution in [3.63, 3.8) is 0 Å². The molecule has 0 saturated carbocycles. The van der Waals surface area contributed by atoms with Crippen LogP contribution in [0.4, 0.5) is 0 Å². The van der Waals surface area contributed by atoms with E-state index in [0.717, 1.165) is 0 Å². The Labute approximate surface area is 148 Å². The van der Waals surface area contributed by atoms with Crippen LogP contribution < -0.4 is 5.56 Å². The van der Waals surface area contributed by atoms with Gasteiger partial charge in [-0.2, -0.15) is 9.78 Å². The van der Waals surface area contributed by atoms with Gasteiger partial charge in [0.15, 0.2) is 0 Å². The van der Waals surface area contributed by atoms with Crippen LogP contribution in [0.15, 0.2) is 33.3 Å². The molecule has 0 N–H and O–H groups in total. The highest BCUT2D eigenvalue weighted by Crippen LogP contribution is 2.22. The van der Waals surface area contributed by atoms with Gasteiger partial charge in [0, 0.05) is 11.0 Å². The summed E-state index contributed by atoms with van der Waals surface area (Å²) in [6, 6.07) is 5.16. The zero-order chi connectivity index (χ0) is 17.2. The van der Waals surface area contributed by atoms with Crippen molar-refractivity contribution in [3.8, 4) is 0 Å². The van der Waals surface area contributed by atoms with Gasteiger partial charge < -0.3 is 0 Å². The summed E-state index contributed by atoms with van der Waals surface area (Å²) in [5.41, 5.74) is 0.151. The summed E-state index contributed by atoms with van der Waals surface area (Å²) >= 11 is 13.5. The van der Waals surface area contributed by atoms with Gasteiger partial charge in [0.05, 0.1) is 16.3 Å². The first-order chi connectivity index (χ1) is 10.8. The normalized spacial score (nSPS) is 12.1. The Morgan fingerprint density at radius 3 is 2.35 bits per heavy atom. The number of halogens is 2. The highest BCUT2D eigenvalue weighted by atomic mass is 35.5. The lowest BCUT2D eigenvalue weighted by atomic mass is 9.93. The monoisotopic (exact) mass is 370 g/mol. The van der Waals surface area contributed by atoms with Crippen molar-refractivity contribution < 1.29 is 0 Å². The fourth-order valence-electron chi connectivity index (χ4n) is 1.81. The first-order valence-electron chi connectivity index (χ1n) is 6.78. The minimum absolute atomic E-state index is 0.309. The van der Waals surface area contributed by atoms with Crippen molar-refractivity contribution in [2.75, 3.05) is 6.26 Å². The van der Waals surface area contributed by atoms with Crippen molar-refractivity contribution in [2.24, 2.45) is 5.10 Å². The number of nitrogens with zero attached hydrogens (tertiary/aromatic N) is 4. The van der Waals surface area contributed by atoms with Crippen LogP contribution in [0.5, 0.6) is 0 Å². The van der Waals surface area contributed by atoms with Gasteiger partial charge in [0.25, 0.3) is 5.56 Å². The molecular weight excluding hydrogens is 355 g/mol. The van der Waals surface area contributed by atoms with E-state index in [1.807, 2.05) is 20.8 Å². The Bertz CT molecular complexity index is 792. The number of rotatable bonds is 3. The molecule has 0 spiro atoms. The lowest BCUT2D eigenvalue weighted by Crippen LogP contribution is -2.32. The maximum Gasteiger partial charge on any atom is 0.297 e. The van der Waals surface area contributed by atoms with Crippen molar-refractivity contribution >= 4 is 41.2 Å². The predicted octanol–water partition coefficient (Wildman–Crippen LogP) is 3.85. The van der Waals surface area contributed by atoms with Gasteiger partial charge >= 0.3 is 0 Å². The van der Waals surface area contributed by atoms with Crippen LogP contribution in [0.2, 0.25) is 10.0 Å². The van der Waals surface area contributed by atoms with E-state index in [4.69, 9.17) is 23.2 Å². The molecule has 2 rings (SSSR count). The zero-order valence-electron chi connectivity index (χ0n) is 13.2. The second kappa shape index (κ2) is 7.03. The fraction of sp³-hybridized carbons (Fsp3) is 0.333. The van der Waals surface area contributed by atoms with Crippen molar-refractivity contribution in [1.82, 2.24) is 14.9 Å². The molecule has 1 aromatic heterocycles. The van der Waals surface area contributed by atoms with Crippen molar-refractivity contribution in [1.29, 1.82) is 0 Å². The van der Waals surface area contributed by atoms with Gasteiger partial charge in [0.1, 0.15) is 5.69 Å². The van der Waals surface area contributed by atoms with E-state index in [9.17, 15) is 4.79 Å². The molecule has 0 radical (unpaired) electrons. The first kappa shape index (κ1) is 18.0. The van der Waals surface area contributed by atoms with Gasteiger partial charge in [-0.1, -0.05) is 61.8 Å². The van der Waals surface area contributed by atoms with E-state index < -0.39 is 5.41 Å². The van der Waals surface area contributed by atoms with Crippen molar-refractivity contribution in [3.05, 3.63) is 49.9 Å². The Hall–Kier alpha value is -1.37. The van der Waals surface area contributed by atoms with Gasteiger partial charge in [0.2, 0.25) is 5.16 Å². The van der Waals surface area contributed by atoms with E-state index in [1.165, 1.54) is 22.7 Å². The van der Waals surface area contributed by atoms with Crippen molar-refractivity contribution in [2.45, 2.75) is 31.3 Å². The van der Waals surface area contributed by atoms with Crippen LogP contribution in [0.1, 0.15) is 32.0 Å². The molecule has 1 aromatic carbocycles. The first-order valence-corrected chi connectivity index (χ1v) is 8.76. The maximum absolute atomic E-state index is 12.7. The van der Waals surface area contributed by atoms with E-state index in [-0.39, 0.29) is 5.56 Å². The molecule has 0 fully saturated rings. The molecule has 23 heavy (non-hydrogen) atoms. The molecule has 0 aliphatic carbocycles. The van der Waals surface area contributed by atoms with Gasteiger partial charge in [-0.3, -0.25) is 4.79 Å². The number of thioether (sulfide) groups is 1. The SMILES string of the molecule is CSc1nnc(C(C)(C)C)c(=O)n1/N=C/c1c(Cl)cccc1Cl. The van der Waals surface area contributed by atoms with E-state index in [2.05, 4.69) is 15.3 Å². The third kappa shape index (κ3) is 3.94. The summed E-state index contributed by atoms with van der Waals surface area (Å²) in [5.74, 6) is 0. The molecule has 0 aliphatic rings. The second-order valence-electron chi connectivity index (χ2n) is 5.78. The van der Waals surface area contributed by atoms with Crippen LogP contribution >= 0.6 is 35.0 Å². The topological polar surface area (TPSA) is 60.1 Å². The molecule has 0 unspecified atom stereocenters. The van der Waals surface area contributed by atoms with Crippen LogP contribution in [-0.4, -0.2) is 27.3 Å². The largest absolute Gasteiger partial charge is 0.297 e. The summed E-state index contributed by atoms with van der Waals surface area (Å²) < 4.78 is 1.22. The standard InChI is InChI=1S/C15H16Cl2N4OS/c1-15(2,3)12-13(22)21(14(23-4)20-19-12)18-8-9-10(16)6-5-7-11(9)17/h5-8H,1-4H3/b18-8+. The van der Waals surface area contributed by atoms with Crippen LogP contribution in [-0.2, 0) is 5.41 Å². The van der Waals surface area contributed by atoms with E-state index >= 15 is 0 Å². The Balaban J connectivity index is 2.59. The molecule has 0 bridgehead atoms. The highest BCUT2D eigenvalue weighted by Gasteiger charge is 2.23. The molecule has 8 heteroatoms. The third-order valence-electron chi connectivity index (χ3n) is 3.01. The Kier molecular flexibility index (Phi) is 5.49. The van der Waals surface area contributed by atoms with Gasteiger partial charge in [-0.25, -0.2) is 0 Å². The lowest BCUT2D eigenvalue weighted by molar-refractivity contribution is 0.510. The minimum Gasteiger partial charge on any atom is -0.265 e. The van der Waals surface area contributed by atoms with Crippen LogP contribution in [0, 0.1) is 0 Å². The summed E-state index contributed by atoms with van der Waals surface area (Å²) in [6.07, 6.45) is 3.26. The van der Waals surface area contributed by atoms with Crippen LogP contribution in [0.25, 0.3) is 0 Å². The summed E-state index contributed by atoms with van der Waals surface area (Å²) in [7, 11) is 0. The average molecular weight is 371 g/mol. The van der Waals surface area contributed by atoms with Gasteiger partial charge in [-0.15, -0.1) is 10.2 Å². The summed E-state index contributed by atoms with van der Waals surface area (Å²) in [5, 5.41) is 13.7. The van der Waals surface area contributed by atoms with E-state index in [1.54, 1.807) is 24.5 Å². The van der Waals surface area contributed by atoms with Gasteiger partial charge in [-0.05, 0) is 18.4 Å². The number of hydrogen-bond donors (Lipinski definition) is 0. The minimum atomic E-state index is -0.430. The lowest BCUT2D eigenvalue weighted by Gasteiger charge is -2.16. The highest BCUT2D eigenvalue weighted by molar-refractivity contribution is 7.98. The quantitative estimate of drug-likeness (QED) is 0.608. The molecule has 2 aromatic rings. The number of benzene rings is 1.